The molecule has 74 valence electrons. The molecule has 6 nitrogen and oxygen atoms in total. The number of aryl methyl sites for hydroxylation is 1. The smallest absolute Gasteiger partial charge is 0.159 e. The highest BCUT2D eigenvalue weighted by Gasteiger charge is 2.16. The van der Waals surface area contributed by atoms with Crippen LogP contribution >= 0.6 is 0 Å². The average Bonchev–Trinajstić information content (AvgIpc) is 2.87. The van der Waals surface area contributed by atoms with Gasteiger partial charge in [-0.2, -0.15) is 10.2 Å². The lowest BCUT2D eigenvalue weighted by molar-refractivity contribution is 0.198. The molecule has 0 bridgehead atoms. The third-order valence-electron chi connectivity index (χ3n) is 2.02. The zero-order valence-corrected chi connectivity index (χ0v) is 7.75. The number of hydrogen-bond acceptors (Lipinski definition) is 4. The average molecular weight is 193 g/mol. The molecule has 2 N–H and O–H groups in total. The van der Waals surface area contributed by atoms with Crippen LogP contribution in [0.4, 0.5) is 0 Å². The van der Waals surface area contributed by atoms with Crippen LogP contribution in [-0.2, 0) is 6.54 Å². The van der Waals surface area contributed by atoms with E-state index in [0.29, 0.717) is 18.1 Å². The van der Waals surface area contributed by atoms with Crippen molar-refractivity contribution in [1.82, 2.24) is 25.0 Å². The number of hydrogen-bond donors (Lipinski definition) is 2. The van der Waals surface area contributed by atoms with E-state index in [1.165, 1.54) is 6.33 Å². The summed E-state index contributed by atoms with van der Waals surface area (Å²) in [7, 11) is 0. The summed E-state index contributed by atoms with van der Waals surface area (Å²) in [6, 6.07) is 1.76. The fourth-order valence-electron chi connectivity index (χ4n) is 1.33. The summed E-state index contributed by atoms with van der Waals surface area (Å²) in [6.07, 6.45) is 2.23. The highest BCUT2D eigenvalue weighted by molar-refractivity contribution is 5.12. The Kier molecular flexibility index (Phi) is 2.28. The summed E-state index contributed by atoms with van der Waals surface area (Å²) in [5.74, 6) is 0.431. The lowest BCUT2D eigenvalue weighted by Crippen LogP contribution is -2.10. The maximum absolute atomic E-state index is 9.89. The maximum Gasteiger partial charge on any atom is 0.159 e. The first-order chi connectivity index (χ1) is 6.83. The lowest BCUT2D eigenvalue weighted by Gasteiger charge is -2.08. The van der Waals surface area contributed by atoms with E-state index < -0.39 is 6.10 Å². The van der Waals surface area contributed by atoms with E-state index in [9.17, 15) is 5.11 Å². The first kappa shape index (κ1) is 8.89. The van der Waals surface area contributed by atoms with E-state index in [-0.39, 0.29) is 0 Å². The maximum atomic E-state index is 9.89. The van der Waals surface area contributed by atoms with Gasteiger partial charge in [0, 0.05) is 12.7 Å². The van der Waals surface area contributed by atoms with Gasteiger partial charge in [-0.15, -0.1) is 0 Å². The number of aromatic nitrogens is 5. The van der Waals surface area contributed by atoms with Crippen molar-refractivity contribution in [3.8, 4) is 0 Å². The Hall–Kier alpha value is -1.69. The van der Waals surface area contributed by atoms with Crippen molar-refractivity contribution in [1.29, 1.82) is 0 Å². The first-order valence-corrected chi connectivity index (χ1v) is 4.38. The normalized spacial score (nSPS) is 13.0. The number of H-pyrrole nitrogens is 1. The zero-order valence-electron chi connectivity index (χ0n) is 7.75. The number of aliphatic hydroxyl groups excluding tert-OH is 1. The predicted molar refractivity (Wildman–Crippen MR) is 48.3 cm³/mol. The van der Waals surface area contributed by atoms with Gasteiger partial charge >= 0.3 is 0 Å². The Morgan fingerprint density at radius 3 is 3.14 bits per heavy atom. The summed E-state index contributed by atoms with van der Waals surface area (Å²) in [6.45, 7) is 2.68. The van der Waals surface area contributed by atoms with E-state index in [1.54, 1.807) is 16.9 Å². The Labute approximate surface area is 80.6 Å². The molecule has 0 aliphatic carbocycles. The molecule has 2 heterocycles. The molecule has 6 heteroatoms. The number of nitrogens with one attached hydrogen (secondary N) is 1. The minimum absolute atomic E-state index is 0.431. The van der Waals surface area contributed by atoms with Gasteiger partial charge < -0.3 is 5.11 Å². The van der Waals surface area contributed by atoms with E-state index >= 15 is 0 Å². The van der Waals surface area contributed by atoms with E-state index in [0.717, 1.165) is 0 Å². The highest BCUT2D eigenvalue weighted by atomic mass is 16.3. The third kappa shape index (κ3) is 1.39. The van der Waals surface area contributed by atoms with Gasteiger partial charge in [-0.1, -0.05) is 0 Å². The van der Waals surface area contributed by atoms with Crippen LogP contribution in [0.3, 0.4) is 0 Å². The molecule has 0 aliphatic rings. The molecular formula is C8H11N5O. The number of rotatable bonds is 3. The highest BCUT2D eigenvalue weighted by Crippen LogP contribution is 2.17. The largest absolute Gasteiger partial charge is 0.379 e. The van der Waals surface area contributed by atoms with Crippen LogP contribution in [0.2, 0.25) is 0 Å². The van der Waals surface area contributed by atoms with Crippen molar-refractivity contribution in [2.75, 3.05) is 0 Å². The SMILES string of the molecule is CCn1nccc1C(O)c1ncn[nH]1. The van der Waals surface area contributed by atoms with Gasteiger partial charge in [-0.25, -0.2) is 4.98 Å². The van der Waals surface area contributed by atoms with Gasteiger partial charge in [0.1, 0.15) is 6.33 Å². The first-order valence-electron chi connectivity index (χ1n) is 4.38. The molecule has 0 saturated heterocycles. The standard InChI is InChI=1S/C8H11N5O/c1-2-13-6(3-4-11-13)7(14)8-9-5-10-12-8/h3-5,7,14H,2H2,1H3,(H,9,10,12). The fraction of sp³-hybridized carbons (Fsp3) is 0.375. The molecule has 0 radical (unpaired) electrons. The molecule has 2 aromatic heterocycles. The molecule has 1 unspecified atom stereocenters. The van der Waals surface area contributed by atoms with Crippen LogP contribution in [0.5, 0.6) is 0 Å². The minimum Gasteiger partial charge on any atom is -0.379 e. The summed E-state index contributed by atoms with van der Waals surface area (Å²) < 4.78 is 1.72. The second-order valence-electron chi connectivity index (χ2n) is 2.85. The minimum atomic E-state index is -0.792. The number of aliphatic hydroxyl groups is 1. The van der Waals surface area contributed by atoms with Crippen LogP contribution in [0.25, 0.3) is 0 Å². The summed E-state index contributed by atoms with van der Waals surface area (Å²) >= 11 is 0. The van der Waals surface area contributed by atoms with Crippen molar-refractivity contribution >= 4 is 0 Å². The molecule has 2 rings (SSSR count). The van der Waals surface area contributed by atoms with Crippen molar-refractivity contribution < 1.29 is 5.11 Å². The summed E-state index contributed by atoms with van der Waals surface area (Å²) in [5, 5.41) is 20.3. The molecule has 0 aliphatic heterocycles. The van der Waals surface area contributed by atoms with Gasteiger partial charge in [0.25, 0.3) is 0 Å². The molecule has 0 saturated carbocycles. The summed E-state index contributed by atoms with van der Waals surface area (Å²) in [4.78, 5) is 3.89. The molecular weight excluding hydrogens is 182 g/mol. The van der Waals surface area contributed by atoms with E-state index in [1.807, 2.05) is 6.92 Å². The van der Waals surface area contributed by atoms with E-state index in [4.69, 9.17) is 0 Å². The molecule has 14 heavy (non-hydrogen) atoms. The topological polar surface area (TPSA) is 79.6 Å². The van der Waals surface area contributed by atoms with Crippen LogP contribution in [0.1, 0.15) is 24.5 Å². The van der Waals surface area contributed by atoms with Crippen molar-refractivity contribution in [3.05, 3.63) is 30.1 Å². The Morgan fingerprint density at radius 2 is 2.50 bits per heavy atom. The third-order valence-corrected chi connectivity index (χ3v) is 2.02. The van der Waals surface area contributed by atoms with Crippen LogP contribution in [0, 0.1) is 0 Å². The van der Waals surface area contributed by atoms with Gasteiger partial charge in [0.05, 0.1) is 5.69 Å². The van der Waals surface area contributed by atoms with Crippen LogP contribution < -0.4 is 0 Å². The van der Waals surface area contributed by atoms with Crippen molar-refractivity contribution in [3.63, 3.8) is 0 Å². The van der Waals surface area contributed by atoms with Crippen LogP contribution in [-0.4, -0.2) is 30.1 Å². The predicted octanol–water partition coefficient (Wildman–Crippen LogP) is 0.103. The monoisotopic (exact) mass is 193 g/mol. The van der Waals surface area contributed by atoms with Crippen LogP contribution in [0.15, 0.2) is 18.6 Å². The molecule has 0 fully saturated rings. The Morgan fingerprint density at radius 1 is 1.64 bits per heavy atom. The molecule has 1 atom stereocenters. The molecule has 2 aromatic rings. The van der Waals surface area contributed by atoms with Gasteiger partial charge in [0.2, 0.25) is 0 Å². The van der Waals surface area contributed by atoms with Gasteiger partial charge in [-0.05, 0) is 13.0 Å². The second kappa shape index (κ2) is 3.59. The number of nitrogens with zero attached hydrogens (tertiary/aromatic N) is 4. The number of aromatic amines is 1. The van der Waals surface area contributed by atoms with Gasteiger partial charge in [-0.3, -0.25) is 9.78 Å². The molecule has 0 amide bonds. The Balaban J connectivity index is 2.31. The lowest BCUT2D eigenvalue weighted by atomic mass is 10.2. The molecule has 0 spiro atoms. The van der Waals surface area contributed by atoms with Crippen molar-refractivity contribution in [2.24, 2.45) is 0 Å². The Bertz CT molecular complexity index is 394. The zero-order chi connectivity index (χ0) is 9.97. The van der Waals surface area contributed by atoms with Gasteiger partial charge in [0.15, 0.2) is 11.9 Å². The summed E-state index contributed by atoms with van der Waals surface area (Å²) in [5.41, 5.74) is 0.712. The second-order valence-corrected chi connectivity index (χ2v) is 2.85. The molecule has 0 aromatic carbocycles. The van der Waals surface area contributed by atoms with Crippen molar-refractivity contribution in [2.45, 2.75) is 19.6 Å². The fourth-order valence-corrected chi connectivity index (χ4v) is 1.33. The van der Waals surface area contributed by atoms with E-state index in [2.05, 4.69) is 20.3 Å². The quantitative estimate of drug-likeness (QED) is 0.724.